The summed E-state index contributed by atoms with van der Waals surface area (Å²) in [6.45, 7) is 1.96. The van der Waals surface area contributed by atoms with Crippen LogP contribution in [0.25, 0.3) is 10.9 Å². The van der Waals surface area contributed by atoms with Gasteiger partial charge in [-0.1, -0.05) is 22.0 Å². The molecule has 21 heavy (non-hydrogen) atoms. The molecule has 0 unspecified atom stereocenters. The molecule has 0 spiro atoms. The van der Waals surface area contributed by atoms with E-state index >= 15 is 0 Å². The van der Waals surface area contributed by atoms with E-state index in [1.54, 1.807) is 0 Å². The fraction of sp³-hybridized carbons (Fsp3) is 0.0588. The van der Waals surface area contributed by atoms with Crippen molar-refractivity contribution in [2.24, 2.45) is 0 Å². The lowest BCUT2D eigenvalue weighted by Crippen LogP contribution is -2.02. The van der Waals surface area contributed by atoms with Gasteiger partial charge in [0.2, 0.25) is 0 Å². The number of aromatic nitrogens is 1. The minimum absolute atomic E-state index is 0.00292. The van der Waals surface area contributed by atoms with Gasteiger partial charge in [0.15, 0.2) is 5.78 Å². The monoisotopic (exact) mass is 403 g/mol. The van der Waals surface area contributed by atoms with Crippen LogP contribution in [-0.2, 0) is 0 Å². The first kappa shape index (κ1) is 14.4. The third kappa shape index (κ3) is 2.92. The van der Waals surface area contributed by atoms with Gasteiger partial charge in [-0.3, -0.25) is 9.78 Å². The maximum absolute atomic E-state index is 12.6. The number of hydrogen-bond acceptors (Lipinski definition) is 2. The van der Waals surface area contributed by atoms with Crippen molar-refractivity contribution in [1.82, 2.24) is 4.98 Å². The molecule has 0 amide bonds. The second-order valence-electron chi connectivity index (χ2n) is 4.81. The van der Waals surface area contributed by atoms with Crippen molar-refractivity contribution in [2.75, 3.05) is 0 Å². The fourth-order valence-electron chi connectivity index (χ4n) is 2.20. The van der Waals surface area contributed by atoms with Crippen molar-refractivity contribution in [1.29, 1.82) is 0 Å². The molecule has 0 aliphatic rings. The number of rotatable bonds is 2. The molecule has 4 heteroatoms. The Hall–Kier alpha value is -1.52. The van der Waals surface area contributed by atoms with Gasteiger partial charge in [-0.2, -0.15) is 0 Å². The lowest BCUT2D eigenvalue weighted by molar-refractivity contribution is 0.103. The van der Waals surface area contributed by atoms with Crippen LogP contribution in [0.15, 0.2) is 57.5 Å². The Morgan fingerprint density at radius 3 is 2.57 bits per heavy atom. The predicted molar refractivity (Wildman–Crippen MR) is 91.8 cm³/mol. The summed E-state index contributed by atoms with van der Waals surface area (Å²) in [6.07, 6.45) is 0. The Bertz CT molecular complexity index is 859. The summed E-state index contributed by atoms with van der Waals surface area (Å²) >= 11 is 6.83. The highest BCUT2D eigenvalue weighted by molar-refractivity contribution is 9.11. The van der Waals surface area contributed by atoms with Gasteiger partial charge in [0.05, 0.1) is 5.52 Å². The summed E-state index contributed by atoms with van der Waals surface area (Å²) in [5, 5.41) is 0.972. The van der Waals surface area contributed by atoms with Crippen molar-refractivity contribution in [2.45, 2.75) is 6.92 Å². The fourth-order valence-corrected chi connectivity index (χ4v) is 3.42. The molecule has 2 nitrogen and oxygen atoms in total. The zero-order chi connectivity index (χ0) is 15.0. The molecule has 104 valence electrons. The average Bonchev–Trinajstić information content (AvgIpc) is 2.46. The Morgan fingerprint density at radius 2 is 1.81 bits per heavy atom. The van der Waals surface area contributed by atoms with E-state index in [0.29, 0.717) is 11.1 Å². The molecule has 0 radical (unpaired) electrons. The zero-order valence-electron chi connectivity index (χ0n) is 11.2. The Balaban J connectivity index is 2.07. The molecular weight excluding hydrogens is 394 g/mol. The third-order valence-electron chi connectivity index (χ3n) is 3.27. The number of carbonyl (C=O) groups excluding carboxylic acids is 1. The maximum atomic E-state index is 12.6. The molecule has 1 heterocycles. The van der Waals surface area contributed by atoms with E-state index in [0.717, 1.165) is 25.5 Å². The topological polar surface area (TPSA) is 30.0 Å². The number of halogens is 2. The van der Waals surface area contributed by atoms with Gasteiger partial charge < -0.3 is 0 Å². The molecule has 0 saturated heterocycles. The second-order valence-corrected chi connectivity index (χ2v) is 6.58. The van der Waals surface area contributed by atoms with Gasteiger partial charge in [-0.25, -0.2) is 0 Å². The number of hydrogen-bond donors (Lipinski definition) is 0. The van der Waals surface area contributed by atoms with E-state index in [4.69, 9.17) is 0 Å². The highest BCUT2D eigenvalue weighted by atomic mass is 79.9. The van der Waals surface area contributed by atoms with E-state index in [9.17, 15) is 4.79 Å². The zero-order valence-corrected chi connectivity index (χ0v) is 14.4. The predicted octanol–water partition coefficient (Wildman–Crippen LogP) is 5.30. The largest absolute Gasteiger partial charge is 0.289 e. The summed E-state index contributed by atoms with van der Waals surface area (Å²) in [5.41, 5.74) is 3.19. The van der Waals surface area contributed by atoms with Crippen molar-refractivity contribution in [3.05, 3.63) is 74.3 Å². The molecule has 0 fully saturated rings. The number of aryl methyl sites for hydroxylation is 1. The van der Waals surface area contributed by atoms with Gasteiger partial charge in [-0.15, -0.1) is 0 Å². The number of fused-ring (bicyclic) bond motifs is 1. The summed E-state index contributed by atoms with van der Waals surface area (Å²) in [5.74, 6) is -0.00292. The summed E-state index contributed by atoms with van der Waals surface area (Å²) in [6, 6.07) is 15.1. The lowest BCUT2D eigenvalue weighted by Gasteiger charge is -2.06. The maximum Gasteiger partial charge on any atom is 0.194 e. The van der Waals surface area contributed by atoms with E-state index < -0.39 is 0 Å². The van der Waals surface area contributed by atoms with Crippen LogP contribution >= 0.6 is 31.9 Å². The highest BCUT2D eigenvalue weighted by Gasteiger charge is 2.13. The number of pyridine rings is 1. The van der Waals surface area contributed by atoms with Gasteiger partial charge in [0.1, 0.15) is 0 Å². The quantitative estimate of drug-likeness (QED) is 0.542. The first-order valence-corrected chi connectivity index (χ1v) is 8.00. The molecule has 3 rings (SSSR count). The van der Waals surface area contributed by atoms with Crippen LogP contribution in [0.5, 0.6) is 0 Å². The third-order valence-corrected chi connectivity index (χ3v) is 4.42. The van der Waals surface area contributed by atoms with E-state index in [2.05, 4.69) is 36.8 Å². The van der Waals surface area contributed by atoms with Crippen LogP contribution in [0.4, 0.5) is 0 Å². The van der Waals surface area contributed by atoms with Crippen LogP contribution in [0, 0.1) is 6.92 Å². The molecule has 0 N–H and O–H groups in total. The van der Waals surface area contributed by atoms with Crippen LogP contribution in [0.2, 0.25) is 0 Å². The molecule has 0 aliphatic heterocycles. The first-order valence-electron chi connectivity index (χ1n) is 6.42. The van der Waals surface area contributed by atoms with Gasteiger partial charge >= 0.3 is 0 Å². The van der Waals surface area contributed by atoms with E-state index in [1.165, 1.54) is 0 Å². The van der Waals surface area contributed by atoms with Crippen molar-refractivity contribution in [3.63, 3.8) is 0 Å². The SMILES string of the molecule is Cc1ccc2cc(C(=O)c3ccc(Br)cc3Br)ccc2n1. The average molecular weight is 405 g/mol. The number of benzene rings is 2. The van der Waals surface area contributed by atoms with Crippen LogP contribution in [0.3, 0.4) is 0 Å². The van der Waals surface area contributed by atoms with Gasteiger partial charge in [0.25, 0.3) is 0 Å². The minimum atomic E-state index is -0.00292. The van der Waals surface area contributed by atoms with Crippen LogP contribution in [-0.4, -0.2) is 10.8 Å². The summed E-state index contributed by atoms with van der Waals surface area (Å²) in [7, 11) is 0. The normalized spacial score (nSPS) is 10.8. The lowest BCUT2D eigenvalue weighted by atomic mass is 10.0. The molecular formula is C17H11Br2NO. The number of nitrogens with zero attached hydrogens (tertiary/aromatic N) is 1. The van der Waals surface area contributed by atoms with Crippen LogP contribution < -0.4 is 0 Å². The van der Waals surface area contributed by atoms with E-state index in [-0.39, 0.29) is 5.78 Å². The Morgan fingerprint density at radius 1 is 1.00 bits per heavy atom. The molecule has 0 bridgehead atoms. The van der Waals surface area contributed by atoms with Gasteiger partial charge in [-0.05, 0) is 65.3 Å². The molecule has 0 atom stereocenters. The molecule has 2 aromatic carbocycles. The highest BCUT2D eigenvalue weighted by Crippen LogP contribution is 2.25. The molecule has 0 aliphatic carbocycles. The van der Waals surface area contributed by atoms with Crippen molar-refractivity contribution < 1.29 is 4.79 Å². The molecule has 3 aromatic rings. The minimum Gasteiger partial charge on any atom is -0.289 e. The summed E-state index contributed by atoms with van der Waals surface area (Å²) in [4.78, 5) is 17.1. The van der Waals surface area contributed by atoms with Crippen molar-refractivity contribution >= 4 is 48.5 Å². The van der Waals surface area contributed by atoms with E-state index in [1.807, 2.05) is 55.5 Å². The second kappa shape index (κ2) is 5.70. The molecule has 0 saturated carbocycles. The smallest absolute Gasteiger partial charge is 0.194 e. The molecule has 1 aromatic heterocycles. The number of carbonyl (C=O) groups is 1. The summed E-state index contributed by atoms with van der Waals surface area (Å²) < 4.78 is 1.72. The van der Waals surface area contributed by atoms with Crippen LogP contribution in [0.1, 0.15) is 21.6 Å². The Labute approximate surface area is 139 Å². The first-order chi connectivity index (χ1) is 10.0. The number of ketones is 1. The standard InChI is InChI=1S/C17H11Br2NO/c1-10-2-3-11-8-12(4-7-16(11)20-10)17(21)14-6-5-13(18)9-15(14)19/h2-9H,1H3. The van der Waals surface area contributed by atoms with Gasteiger partial charge in [0, 0.05) is 31.2 Å². The Kier molecular flexibility index (Phi) is 3.91. The van der Waals surface area contributed by atoms with Crippen molar-refractivity contribution in [3.8, 4) is 0 Å².